The molecule has 1 N–H and O–H groups in total. The minimum Gasteiger partial charge on any atom is -0.352 e. The summed E-state index contributed by atoms with van der Waals surface area (Å²) in [7, 11) is 0. The van der Waals surface area contributed by atoms with E-state index in [1.54, 1.807) is 12.3 Å². The van der Waals surface area contributed by atoms with Gasteiger partial charge in [0.15, 0.2) is 5.41 Å². The normalized spacial score (nSPS) is 24.8. The van der Waals surface area contributed by atoms with Gasteiger partial charge in [-0.2, -0.15) is 0 Å². The van der Waals surface area contributed by atoms with Crippen LogP contribution in [0.15, 0.2) is 23.1 Å². The number of barbiturate groups is 1. The fourth-order valence-electron chi connectivity index (χ4n) is 5.87. The Labute approximate surface area is 198 Å². The van der Waals surface area contributed by atoms with Crippen LogP contribution in [0.25, 0.3) is 5.65 Å². The van der Waals surface area contributed by atoms with Crippen LogP contribution in [0.3, 0.4) is 0 Å². The van der Waals surface area contributed by atoms with Gasteiger partial charge >= 0.3 is 6.03 Å². The Balaban J connectivity index is 1.70. The van der Waals surface area contributed by atoms with Gasteiger partial charge in [0.05, 0.1) is 11.6 Å². The number of carbonyl (C=O) groups excluding carboxylic acids is 3. The Morgan fingerprint density at radius 2 is 1.97 bits per heavy atom. The highest BCUT2D eigenvalue weighted by molar-refractivity contribution is 6.20. The topological polar surface area (TPSA) is 104 Å². The predicted octanol–water partition coefficient (Wildman–Crippen LogP) is 2.56. The molecule has 2 aromatic rings. The number of anilines is 1. The number of hydrogen-bond donors (Lipinski definition) is 1. The molecule has 180 valence electrons. The third-order valence-corrected chi connectivity index (χ3v) is 7.65. The molecule has 5 rings (SSSR count). The van der Waals surface area contributed by atoms with E-state index >= 15 is 0 Å². The molecule has 2 saturated heterocycles. The van der Waals surface area contributed by atoms with Gasteiger partial charge in [-0.1, -0.05) is 38.7 Å². The second kappa shape index (κ2) is 8.52. The summed E-state index contributed by atoms with van der Waals surface area (Å²) in [5.74, 6) is -0.494. The van der Waals surface area contributed by atoms with Gasteiger partial charge in [0.1, 0.15) is 11.5 Å². The average Bonchev–Trinajstić information content (AvgIpc) is 3.08. The van der Waals surface area contributed by atoms with Crippen LogP contribution in [0.5, 0.6) is 0 Å². The van der Waals surface area contributed by atoms with Crippen LogP contribution in [0.2, 0.25) is 0 Å². The zero-order valence-corrected chi connectivity index (χ0v) is 19.8. The van der Waals surface area contributed by atoms with Gasteiger partial charge in [-0.3, -0.25) is 29.0 Å². The third kappa shape index (κ3) is 3.24. The molecule has 2 fully saturated rings. The summed E-state index contributed by atoms with van der Waals surface area (Å²) in [6.07, 6.45) is 7.49. The van der Waals surface area contributed by atoms with Crippen molar-refractivity contribution in [1.29, 1.82) is 0 Å². The van der Waals surface area contributed by atoms with Crippen LogP contribution in [0.4, 0.5) is 10.6 Å². The molecule has 0 radical (unpaired) electrons. The van der Waals surface area contributed by atoms with E-state index < -0.39 is 29.3 Å². The van der Waals surface area contributed by atoms with Crippen molar-refractivity contribution in [3.8, 4) is 0 Å². The second-order valence-corrected chi connectivity index (χ2v) is 9.73. The summed E-state index contributed by atoms with van der Waals surface area (Å²) in [5.41, 5.74) is 0.0544. The van der Waals surface area contributed by atoms with Crippen molar-refractivity contribution >= 4 is 29.3 Å². The Hall–Kier alpha value is -3.23. The molecule has 5 heterocycles. The molecule has 0 unspecified atom stereocenters. The van der Waals surface area contributed by atoms with Gasteiger partial charge in [0.2, 0.25) is 11.8 Å². The standard InChI is InChI=1S/C25H31N5O4/c1-3-4-7-13-30-23(33)25(22(32)27-24(30)34)15-17-20(28-12-8-5-6-11-18(25)28)26-19-16(2)10-9-14-29(19)21(17)31/h9-10,14,18H,3-8,11-13,15H2,1-2H3,(H,27,32,34)/t18-,25-/m0/s1. The number of aromatic nitrogens is 2. The van der Waals surface area contributed by atoms with Crippen molar-refractivity contribution in [3.05, 3.63) is 39.8 Å². The number of pyridine rings is 1. The highest BCUT2D eigenvalue weighted by Crippen LogP contribution is 2.45. The summed E-state index contributed by atoms with van der Waals surface area (Å²) in [6.45, 7) is 4.84. The molecule has 4 amide bonds. The van der Waals surface area contributed by atoms with Crippen LogP contribution >= 0.6 is 0 Å². The molecule has 2 atom stereocenters. The minimum atomic E-state index is -1.52. The maximum absolute atomic E-state index is 14.0. The van der Waals surface area contributed by atoms with Crippen molar-refractivity contribution in [2.75, 3.05) is 18.0 Å². The lowest BCUT2D eigenvalue weighted by Crippen LogP contribution is -2.72. The zero-order valence-electron chi connectivity index (χ0n) is 19.8. The van der Waals surface area contributed by atoms with E-state index in [4.69, 9.17) is 4.98 Å². The fourth-order valence-corrected chi connectivity index (χ4v) is 5.87. The molecule has 2 aromatic heterocycles. The molecule has 3 aliphatic heterocycles. The van der Waals surface area contributed by atoms with Crippen molar-refractivity contribution in [3.63, 3.8) is 0 Å². The number of aryl methyl sites for hydroxylation is 1. The molecule has 34 heavy (non-hydrogen) atoms. The quantitative estimate of drug-likeness (QED) is 0.550. The average molecular weight is 466 g/mol. The number of urea groups is 1. The number of rotatable bonds is 4. The number of amides is 4. The van der Waals surface area contributed by atoms with Crippen molar-refractivity contribution < 1.29 is 14.4 Å². The highest BCUT2D eigenvalue weighted by atomic mass is 16.2. The molecule has 1 spiro atoms. The van der Waals surface area contributed by atoms with Crippen LogP contribution in [-0.2, 0) is 16.0 Å². The van der Waals surface area contributed by atoms with Crippen LogP contribution < -0.4 is 15.8 Å². The van der Waals surface area contributed by atoms with Gasteiger partial charge in [-0.15, -0.1) is 0 Å². The molecule has 3 aliphatic rings. The second-order valence-electron chi connectivity index (χ2n) is 9.73. The monoisotopic (exact) mass is 465 g/mol. The van der Waals surface area contributed by atoms with Crippen LogP contribution in [0.1, 0.15) is 63.0 Å². The lowest BCUT2D eigenvalue weighted by Gasteiger charge is -2.50. The lowest BCUT2D eigenvalue weighted by molar-refractivity contribution is -0.153. The van der Waals surface area contributed by atoms with E-state index in [2.05, 4.69) is 12.2 Å². The van der Waals surface area contributed by atoms with Crippen LogP contribution in [0, 0.1) is 12.3 Å². The molecule has 0 aliphatic carbocycles. The van der Waals surface area contributed by atoms with E-state index in [1.807, 2.05) is 17.9 Å². The number of nitrogens with zero attached hydrogens (tertiary/aromatic N) is 4. The molecule has 0 aromatic carbocycles. The molecular weight excluding hydrogens is 434 g/mol. The summed E-state index contributed by atoms with van der Waals surface area (Å²) in [6, 6.07) is 2.59. The first-order valence-corrected chi connectivity index (χ1v) is 12.3. The number of nitrogens with one attached hydrogen (secondary N) is 1. The Morgan fingerprint density at radius 1 is 1.15 bits per heavy atom. The van der Waals surface area contributed by atoms with E-state index in [0.717, 1.165) is 37.7 Å². The summed E-state index contributed by atoms with van der Waals surface area (Å²) in [4.78, 5) is 62.0. The number of imide groups is 2. The number of carbonyl (C=O) groups is 3. The maximum Gasteiger partial charge on any atom is 0.330 e. The van der Waals surface area contributed by atoms with Crippen molar-refractivity contribution in [2.45, 2.75) is 71.3 Å². The number of hydrogen-bond acceptors (Lipinski definition) is 6. The first-order chi connectivity index (χ1) is 16.4. The van der Waals surface area contributed by atoms with E-state index in [-0.39, 0.29) is 18.5 Å². The zero-order chi connectivity index (χ0) is 24.0. The first kappa shape index (κ1) is 22.6. The Morgan fingerprint density at radius 3 is 2.76 bits per heavy atom. The SMILES string of the molecule is CCCCCN1C(=O)NC(=O)[C@@]2(Cc3c(nc4c(C)cccn4c3=O)N3CCCCC[C@H]32)C1=O. The van der Waals surface area contributed by atoms with Crippen LogP contribution in [-0.4, -0.2) is 51.3 Å². The van der Waals surface area contributed by atoms with Gasteiger partial charge in [-0.25, -0.2) is 9.78 Å². The van der Waals surface area contributed by atoms with Gasteiger partial charge in [-0.05, 0) is 37.8 Å². The van der Waals surface area contributed by atoms with Crippen molar-refractivity contribution in [1.82, 2.24) is 19.6 Å². The predicted molar refractivity (Wildman–Crippen MR) is 127 cm³/mol. The lowest BCUT2D eigenvalue weighted by atomic mass is 9.68. The van der Waals surface area contributed by atoms with E-state index in [9.17, 15) is 19.2 Å². The van der Waals surface area contributed by atoms with E-state index in [1.165, 1.54) is 9.30 Å². The minimum absolute atomic E-state index is 0.0472. The molecule has 9 heteroatoms. The Bertz CT molecular complexity index is 1240. The maximum atomic E-state index is 14.0. The van der Waals surface area contributed by atoms with Gasteiger partial charge in [0, 0.05) is 25.7 Å². The number of fused-ring (bicyclic) bond motifs is 5. The van der Waals surface area contributed by atoms with E-state index in [0.29, 0.717) is 36.4 Å². The third-order valence-electron chi connectivity index (χ3n) is 7.65. The molecule has 0 saturated carbocycles. The van der Waals surface area contributed by atoms with Crippen molar-refractivity contribution in [2.24, 2.45) is 5.41 Å². The Kier molecular flexibility index (Phi) is 5.65. The fraction of sp³-hybridized carbons (Fsp3) is 0.560. The smallest absolute Gasteiger partial charge is 0.330 e. The summed E-state index contributed by atoms with van der Waals surface area (Å²) in [5, 5.41) is 2.47. The highest BCUT2D eigenvalue weighted by Gasteiger charge is 2.62. The molecular formula is C25H31N5O4. The summed E-state index contributed by atoms with van der Waals surface area (Å²) >= 11 is 0. The van der Waals surface area contributed by atoms with Gasteiger partial charge < -0.3 is 4.90 Å². The number of unbranched alkanes of at least 4 members (excludes halogenated alkanes) is 2. The largest absolute Gasteiger partial charge is 0.352 e. The van der Waals surface area contributed by atoms with Gasteiger partial charge in [0.25, 0.3) is 5.56 Å². The molecule has 9 nitrogen and oxygen atoms in total. The first-order valence-electron chi connectivity index (χ1n) is 12.3. The molecule has 0 bridgehead atoms. The summed E-state index contributed by atoms with van der Waals surface area (Å²) < 4.78 is 1.50.